The monoisotopic (exact) mass is 388 g/mol. The minimum Gasteiger partial charge on any atom is -0.255 e. The highest BCUT2D eigenvalue weighted by molar-refractivity contribution is 5.60. The Kier molecular flexibility index (Phi) is 8.75. The summed E-state index contributed by atoms with van der Waals surface area (Å²) < 4.78 is 0. The molecule has 1 aliphatic carbocycles. The summed E-state index contributed by atoms with van der Waals surface area (Å²) in [4.78, 5) is 4.41. The molecule has 1 saturated carbocycles. The van der Waals surface area contributed by atoms with Crippen molar-refractivity contribution in [2.24, 2.45) is 5.92 Å². The largest absolute Gasteiger partial charge is 0.255 e. The smallest absolute Gasteiger partial charge is 0.101 e. The van der Waals surface area contributed by atoms with Gasteiger partial charge in [-0.05, 0) is 55.2 Å². The van der Waals surface area contributed by atoms with Crippen LogP contribution < -0.4 is 0 Å². The first kappa shape index (κ1) is 21.6. The van der Waals surface area contributed by atoms with Crippen LogP contribution in [0.5, 0.6) is 0 Å². The lowest BCUT2D eigenvalue weighted by Gasteiger charge is -2.29. The van der Waals surface area contributed by atoms with Gasteiger partial charge < -0.3 is 0 Å². The summed E-state index contributed by atoms with van der Waals surface area (Å²) in [6, 6.07) is 14.8. The van der Waals surface area contributed by atoms with Crippen LogP contribution in [0.1, 0.15) is 101 Å². The number of aromatic nitrogens is 1. The number of rotatable bonds is 10. The third-order valence-electron chi connectivity index (χ3n) is 6.63. The molecule has 2 aromatic rings. The quantitative estimate of drug-likeness (QED) is 0.386. The molecule has 154 valence electrons. The van der Waals surface area contributed by atoms with E-state index in [1.165, 1.54) is 82.6 Å². The molecule has 2 heteroatoms. The van der Waals surface area contributed by atoms with Crippen molar-refractivity contribution in [3.05, 3.63) is 53.7 Å². The zero-order valence-corrected chi connectivity index (χ0v) is 18.1. The van der Waals surface area contributed by atoms with Crippen molar-refractivity contribution in [3.8, 4) is 17.3 Å². The summed E-state index contributed by atoms with van der Waals surface area (Å²) in [6.45, 7) is 2.29. The molecule has 0 bridgehead atoms. The van der Waals surface area contributed by atoms with Gasteiger partial charge >= 0.3 is 0 Å². The Morgan fingerprint density at radius 3 is 2.17 bits per heavy atom. The lowest BCUT2D eigenvalue weighted by Crippen LogP contribution is -2.13. The van der Waals surface area contributed by atoms with E-state index in [9.17, 15) is 0 Å². The van der Waals surface area contributed by atoms with Crippen LogP contribution in [0.25, 0.3) is 11.3 Å². The third kappa shape index (κ3) is 6.70. The van der Waals surface area contributed by atoms with Crippen molar-refractivity contribution in [2.75, 3.05) is 0 Å². The zero-order chi connectivity index (χ0) is 20.3. The second-order valence-electron chi connectivity index (χ2n) is 8.79. The van der Waals surface area contributed by atoms with Crippen LogP contribution in [0.3, 0.4) is 0 Å². The van der Waals surface area contributed by atoms with E-state index in [2.05, 4.69) is 42.2 Å². The molecular weight excluding hydrogens is 352 g/mol. The number of benzene rings is 1. The fourth-order valence-electron chi connectivity index (χ4n) is 4.73. The van der Waals surface area contributed by atoms with E-state index >= 15 is 0 Å². The molecule has 1 heterocycles. The molecule has 0 amide bonds. The van der Waals surface area contributed by atoms with E-state index in [0.717, 1.165) is 23.1 Å². The van der Waals surface area contributed by atoms with E-state index < -0.39 is 0 Å². The van der Waals surface area contributed by atoms with Gasteiger partial charge in [0.15, 0.2) is 0 Å². The predicted octanol–water partition coefficient (Wildman–Crippen LogP) is 8.03. The molecule has 1 aliphatic rings. The maximum Gasteiger partial charge on any atom is 0.101 e. The Morgan fingerprint density at radius 1 is 0.862 bits per heavy atom. The Labute approximate surface area is 177 Å². The number of hydrogen-bond acceptors (Lipinski definition) is 2. The van der Waals surface area contributed by atoms with Gasteiger partial charge in [-0.25, -0.2) is 0 Å². The number of pyridine rings is 1. The highest BCUT2D eigenvalue weighted by Gasteiger charge is 2.22. The van der Waals surface area contributed by atoms with E-state index in [0.29, 0.717) is 5.56 Å². The van der Waals surface area contributed by atoms with Gasteiger partial charge in [0.25, 0.3) is 0 Å². The molecule has 1 fully saturated rings. The van der Waals surface area contributed by atoms with Gasteiger partial charge in [-0.1, -0.05) is 82.6 Å². The second-order valence-corrected chi connectivity index (χ2v) is 8.79. The van der Waals surface area contributed by atoms with Crippen LogP contribution in [0, 0.1) is 17.2 Å². The Morgan fingerprint density at radius 2 is 1.55 bits per heavy atom. The average molecular weight is 389 g/mol. The first-order valence-electron chi connectivity index (χ1n) is 11.8. The van der Waals surface area contributed by atoms with Crippen molar-refractivity contribution in [1.82, 2.24) is 4.98 Å². The van der Waals surface area contributed by atoms with Crippen molar-refractivity contribution in [1.29, 1.82) is 5.26 Å². The van der Waals surface area contributed by atoms with Crippen LogP contribution in [-0.2, 0) is 0 Å². The second kappa shape index (κ2) is 11.8. The Hall–Kier alpha value is -2.14. The molecule has 1 aromatic heterocycles. The number of unbranched alkanes of at least 4 members (excludes halogenated alkanes) is 6. The minimum atomic E-state index is 0.610. The van der Waals surface area contributed by atoms with Crippen LogP contribution in [0.2, 0.25) is 0 Å². The molecule has 3 rings (SSSR count). The van der Waals surface area contributed by atoms with E-state index in [4.69, 9.17) is 5.26 Å². The number of hydrogen-bond donors (Lipinski definition) is 0. The molecule has 0 radical (unpaired) electrons. The normalized spacial score (nSPS) is 19.0. The maximum absolute atomic E-state index is 8.91. The molecular formula is C27H36N2. The number of nitrogens with zero attached hydrogens (tertiary/aromatic N) is 2. The molecule has 0 N–H and O–H groups in total. The standard InChI is InChI=1S/C27H36N2/c1-2-3-4-5-6-7-8-9-22-10-13-24(14-11-22)25-15-17-26(18-16-25)27-19-12-23(20-28)21-29-27/h12,15-19,21-22,24H,2-11,13-14H2,1H3. The molecule has 2 nitrogen and oxygen atoms in total. The average Bonchev–Trinajstić information content (AvgIpc) is 2.79. The summed E-state index contributed by atoms with van der Waals surface area (Å²) in [6.07, 6.45) is 18.5. The van der Waals surface area contributed by atoms with E-state index in [1.54, 1.807) is 6.20 Å². The highest BCUT2D eigenvalue weighted by atomic mass is 14.7. The van der Waals surface area contributed by atoms with Crippen molar-refractivity contribution in [3.63, 3.8) is 0 Å². The summed E-state index contributed by atoms with van der Waals surface area (Å²) in [5, 5.41) is 8.91. The highest BCUT2D eigenvalue weighted by Crippen LogP contribution is 2.38. The van der Waals surface area contributed by atoms with Crippen molar-refractivity contribution >= 4 is 0 Å². The molecule has 1 aromatic carbocycles. The SMILES string of the molecule is CCCCCCCCCC1CCC(c2ccc(-c3ccc(C#N)cn3)cc2)CC1. The molecule has 0 atom stereocenters. The summed E-state index contributed by atoms with van der Waals surface area (Å²) >= 11 is 0. The van der Waals surface area contributed by atoms with Crippen LogP contribution >= 0.6 is 0 Å². The summed E-state index contributed by atoms with van der Waals surface area (Å²) in [5.41, 5.74) is 4.16. The Balaban J connectivity index is 1.40. The fourth-order valence-corrected chi connectivity index (χ4v) is 4.73. The number of nitriles is 1. The third-order valence-corrected chi connectivity index (χ3v) is 6.63. The van der Waals surface area contributed by atoms with Gasteiger partial charge in [0, 0.05) is 11.8 Å². The zero-order valence-electron chi connectivity index (χ0n) is 18.1. The minimum absolute atomic E-state index is 0.610. The molecule has 0 saturated heterocycles. The first-order valence-corrected chi connectivity index (χ1v) is 11.8. The van der Waals surface area contributed by atoms with Gasteiger partial charge in [-0.3, -0.25) is 4.98 Å². The maximum atomic E-state index is 8.91. The fraction of sp³-hybridized carbons (Fsp3) is 0.556. The van der Waals surface area contributed by atoms with Crippen molar-refractivity contribution in [2.45, 2.75) is 89.9 Å². The van der Waals surface area contributed by atoms with Gasteiger partial charge in [-0.15, -0.1) is 0 Å². The molecule has 0 unspecified atom stereocenters. The van der Waals surface area contributed by atoms with Crippen LogP contribution in [0.15, 0.2) is 42.6 Å². The molecule has 29 heavy (non-hydrogen) atoms. The van der Waals surface area contributed by atoms with E-state index in [1.807, 2.05) is 12.1 Å². The van der Waals surface area contributed by atoms with Gasteiger partial charge in [0.2, 0.25) is 0 Å². The van der Waals surface area contributed by atoms with Gasteiger partial charge in [0.05, 0.1) is 11.3 Å². The van der Waals surface area contributed by atoms with E-state index in [-0.39, 0.29) is 0 Å². The lowest BCUT2D eigenvalue weighted by atomic mass is 9.77. The van der Waals surface area contributed by atoms with Crippen LogP contribution in [0.4, 0.5) is 0 Å². The molecule has 0 spiro atoms. The molecule has 0 aliphatic heterocycles. The topological polar surface area (TPSA) is 36.7 Å². The van der Waals surface area contributed by atoms with Gasteiger partial charge in [-0.2, -0.15) is 5.26 Å². The lowest BCUT2D eigenvalue weighted by molar-refractivity contribution is 0.302. The predicted molar refractivity (Wildman–Crippen MR) is 122 cm³/mol. The van der Waals surface area contributed by atoms with Gasteiger partial charge in [0.1, 0.15) is 6.07 Å². The van der Waals surface area contributed by atoms with Crippen LogP contribution in [-0.4, -0.2) is 4.98 Å². The first-order chi connectivity index (χ1) is 14.3. The van der Waals surface area contributed by atoms with Crippen molar-refractivity contribution < 1.29 is 0 Å². The summed E-state index contributed by atoms with van der Waals surface area (Å²) in [7, 11) is 0. The summed E-state index contributed by atoms with van der Waals surface area (Å²) in [5.74, 6) is 1.69. The Bertz CT molecular complexity index is 747.